The highest BCUT2D eigenvalue weighted by Gasteiger charge is 2.34. The third-order valence-electron chi connectivity index (χ3n) is 3.01. The summed E-state index contributed by atoms with van der Waals surface area (Å²) in [6, 6.07) is 8.74. The van der Waals surface area contributed by atoms with Gasteiger partial charge in [0.2, 0.25) is 5.91 Å². The fourth-order valence-electron chi connectivity index (χ4n) is 1.91. The zero-order chi connectivity index (χ0) is 17.0. The molecule has 2 rings (SSSR count). The number of hydrogen-bond acceptors (Lipinski definition) is 3. The molecule has 1 N–H and O–H groups in total. The second-order valence-corrected chi connectivity index (χ2v) is 5.51. The van der Waals surface area contributed by atoms with Gasteiger partial charge in [-0.25, -0.2) is 0 Å². The van der Waals surface area contributed by atoms with Crippen molar-refractivity contribution >= 4 is 23.4 Å². The maximum atomic E-state index is 12.7. The molecule has 0 unspecified atom stereocenters. The van der Waals surface area contributed by atoms with E-state index in [2.05, 4.69) is 5.32 Å². The first-order valence-corrected chi connectivity index (χ1v) is 7.74. The number of hydrogen-bond donors (Lipinski definition) is 1. The number of amides is 1. The SMILES string of the molecule is CSc1ccc(NC(=O)Cn2cccc(C(F)(F)F)c2=O)cc1. The number of anilines is 1. The summed E-state index contributed by atoms with van der Waals surface area (Å²) in [5.74, 6) is -0.580. The molecule has 0 aliphatic heterocycles. The van der Waals surface area contributed by atoms with E-state index in [9.17, 15) is 22.8 Å². The molecule has 0 saturated carbocycles. The molecule has 0 saturated heterocycles. The number of rotatable bonds is 4. The second kappa shape index (κ2) is 6.91. The van der Waals surface area contributed by atoms with E-state index in [4.69, 9.17) is 0 Å². The highest BCUT2D eigenvalue weighted by Crippen LogP contribution is 2.26. The molecule has 0 spiro atoms. The van der Waals surface area contributed by atoms with Gasteiger partial charge in [0, 0.05) is 16.8 Å². The molecule has 0 aliphatic rings. The Morgan fingerprint density at radius 1 is 1.22 bits per heavy atom. The Labute approximate surface area is 134 Å². The van der Waals surface area contributed by atoms with Crippen LogP contribution in [-0.4, -0.2) is 16.7 Å². The second-order valence-electron chi connectivity index (χ2n) is 4.63. The van der Waals surface area contributed by atoms with E-state index in [0.29, 0.717) is 11.8 Å². The van der Waals surface area contributed by atoms with Crippen LogP contribution in [0.15, 0.2) is 52.3 Å². The van der Waals surface area contributed by atoms with Crippen LogP contribution >= 0.6 is 11.8 Å². The molecule has 0 radical (unpaired) electrons. The summed E-state index contributed by atoms with van der Waals surface area (Å²) < 4.78 is 38.7. The van der Waals surface area contributed by atoms with Crippen LogP contribution in [0.5, 0.6) is 0 Å². The van der Waals surface area contributed by atoms with Crippen molar-refractivity contribution in [3.8, 4) is 0 Å². The Kier molecular flexibility index (Phi) is 5.15. The van der Waals surface area contributed by atoms with Crippen LogP contribution in [0.2, 0.25) is 0 Å². The van der Waals surface area contributed by atoms with Crippen LogP contribution in [0.25, 0.3) is 0 Å². The lowest BCUT2D eigenvalue weighted by Crippen LogP contribution is -2.31. The molecule has 2 aromatic rings. The van der Waals surface area contributed by atoms with Gasteiger partial charge in [-0.05, 0) is 42.7 Å². The molecule has 0 fully saturated rings. The summed E-state index contributed by atoms with van der Waals surface area (Å²) >= 11 is 1.54. The monoisotopic (exact) mass is 342 g/mol. The minimum absolute atomic E-state index is 0.493. The smallest absolute Gasteiger partial charge is 0.325 e. The predicted molar refractivity (Wildman–Crippen MR) is 82.6 cm³/mol. The van der Waals surface area contributed by atoms with E-state index >= 15 is 0 Å². The van der Waals surface area contributed by atoms with E-state index in [1.165, 1.54) is 0 Å². The van der Waals surface area contributed by atoms with Gasteiger partial charge in [0.05, 0.1) is 0 Å². The summed E-state index contributed by atoms with van der Waals surface area (Å²) in [5.41, 5.74) is -2.03. The maximum absolute atomic E-state index is 12.7. The number of benzene rings is 1. The molecular formula is C15H13F3N2O2S. The molecule has 1 aromatic carbocycles. The van der Waals surface area contributed by atoms with Gasteiger partial charge < -0.3 is 9.88 Å². The van der Waals surface area contributed by atoms with Crippen molar-refractivity contribution in [1.29, 1.82) is 0 Å². The number of halogens is 3. The molecule has 0 atom stereocenters. The van der Waals surface area contributed by atoms with Crippen LogP contribution in [0.1, 0.15) is 5.56 Å². The third-order valence-corrected chi connectivity index (χ3v) is 3.76. The van der Waals surface area contributed by atoms with Crippen molar-refractivity contribution in [1.82, 2.24) is 4.57 Å². The van der Waals surface area contributed by atoms with Gasteiger partial charge in [-0.1, -0.05) is 0 Å². The van der Waals surface area contributed by atoms with E-state index in [-0.39, 0.29) is 0 Å². The van der Waals surface area contributed by atoms with Gasteiger partial charge >= 0.3 is 6.18 Å². The van der Waals surface area contributed by atoms with Gasteiger partial charge in [0.25, 0.3) is 5.56 Å². The minimum atomic E-state index is -4.75. The predicted octanol–water partition coefficient (Wildman–Crippen LogP) is 3.23. The fraction of sp³-hybridized carbons (Fsp3) is 0.200. The van der Waals surface area contributed by atoms with Gasteiger partial charge in [-0.15, -0.1) is 11.8 Å². The lowest BCUT2D eigenvalue weighted by Gasteiger charge is -2.10. The van der Waals surface area contributed by atoms with Crippen LogP contribution in [0.3, 0.4) is 0 Å². The number of pyridine rings is 1. The zero-order valence-corrected chi connectivity index (χ0v) is 12.9. The van der Waals surface area contributed by atoms with E-state index in [1.54, 1.807) is 36.0 Å². The van der Waals surface area contributed by atoms with Crippen molar-refractivity contribution in [2.24, 2.45) is 0 Å². The van der Waals surface area contributed by atoms with Crippen LogP contribution in [0, 0.1) is 0 Å². The molecule has 0 aliphatic carbocycles. The van der Waals surface area contributed by atoms with Gasteiger partial charge in [-0.2, -0.15) is 13.2 Å². The Balaban J connectivity index is 2.12. The van der Waals surface area contributed by atoms with E-state index in [1.807, 2.05) is 6.26 Å². The highest BCUT2D eigenvalue weighted by atomic mass is 32.2. The number of alkyl halides is 3. The van der Waals surface area contributed by atoms with Crippen molar-refractivity contribution in [2.75, 3.05) is 11.6 Å². The summed E-state index contributed by atoms with van der Waals surface area (Å²) in [7, 11) is 0. The summed E-state index contributed by atoms with van der Waals surface area (Å²) in [6.07, 6.45) is -1.69. The molecule has 8 heteroatoms. The number of carbonyl (C=O) groups excluding carboxylic acids is 1. The first-order valence-electron chi connectivity index (χ1n) is 6.52. The molecule has 1 aromatic heterocycles. The standard InChI is InChI=1S/C15H13F3N2O2S/c1-23-11-6-4-10(5-7-11)19-13(21)9-20-8-2-3-12(14(20)22)15(16,17)18/h2-8H,9H2,1H3,(H,19,21). The Morgan fingerprint density at radius 2 is 1.87 bits per heavy atom. The lowest BCUT2D eigenvalue weighted by atomic mass is 10.2. The first kappa shape index (κ1) is 17.1. The number of nitrogens with one attached hydrogen (secondary N) is 1. The average Bonchev–Trinajstić information content (AvgIpc) is 2.49. The maximum Gasteiger partial charge on any atom is 0.421 e. The van der Waals surface area contributed by atoms with Crippen LogP contribution in [0.4, 0.5) is 18.9 Å². The average molecular weight is 342 g/mol. The van der Waals surface area contributed by atoms with Crippen molar-refractivity contribution < 1.29 is 18.0 Å². The summed E-state index contributed by atoms with van der Waals surface area (Å²) in [6.45, 7) is -0.493. The number of aromatic nitrogens is 1. The summed E-state index contributed by atoms with van der Waals surface area (Å²) in [5, 5.41) is 2.54. The Morgan fingerprint density at radius 3 is 2.43 bits per heavy atom. The molecule has 4 nitrogen and oxygen atoms in total. The molecule has 122 valence electrons. The van der Waals surface area contributed by atoms with Gasteiger partial charge in [0.15, 0.2) is 0 Å². The number of nitrogens with zero attached hydrogens (tertiary/aromatic N) is 1. The molecule has 23 heavy (non-hydrogen) atoms. The lowest BCUT2D eigenvalue weighted by molar-refractivity contribution is -0.139. The minimum Gasteiger partial charge on any atom is -0.325 e. The van der Waals surface area contributed by atoms with Gasteiger partial charge in [0.1, 0.15) is 12.1 Å². The van der Waals surface area contributed by atoms with Gasteiger partial charge in [-0.3, -0.25) is 9.59 Å². The van der Waals surface area contributed by atoms with Crippen LogP contribution < -0.4 is 10.9 Å². The van der Waals surface area contributed by atoms with E-state index < -0.39 is 29.8 Å². The number of thioether (sulfide) groups is 1. The van der Waals surface area contributed by atoms with Crippen molar-refractivity contribution in [3.05, 3.63) is 58.5 Å². The fourth-order valence-corrected chi connectivity index (χ4v) is 2.31. The largest absolute Gasteiger partial charge is 0.421 e. The van der Waals surface area contributed by atoms with E-state index in [0.717, 1.165) is 21.7 Å². The number of carbonyl (C=O) groups is 1. The quantitative estimate of drug-likeness (QED) is 0.868. The Bertz CT molecular complexity index is 755. The Hall–Kier alpha value is -2.22. The van der Waals surface area contributed by atoms with Crippen molar-refractivity contribution in [3.63, 3.8) is 0 Å². The topological polar surface area (TPSA) is 51.1 Å². The molecule has 0 bridgehead atoms. The highest BCUT2D eigenvalue weighted by molar-refractivity contribution is 7.98. The third kappa shape index (κ3) is 4.38. The summed E-state index contributed by atoms with van der Waals surface area (Å²) in [4.78, 5) is 24.7. The molecular weight excluding hydrogens is 329 g/mol. The molecule has 1 amide bonds. The van der Waals surface area contributed by atoms with Crippen LogP contribution in [-0.2, 0) is 17.5 Å². The van der Waals surface area contributed by atoms with Crippen molar-refractivity contribution in [2.45, 2.75) is 17.6 Å². The molecule has 1 heterocycles. The normalized spacial score (nSPS) is 11.3. The zero-order valence-electron chi connectivity index (χ0n) is 12.1. The first-order chi connectivity index (χ1) is 10.8.